The molecule has 2 nitrogen and oxygen atoms in total. The lowest BCUT2D eigenvalue weighted by atomic mass is 10.1. The van der Waals surface area contributed by atoms with E-state index in [0.717, 1.165) is 43.4 Å². The van der Waals surface area contributed by atoms with Crippen LogP contribution in [0.25, 0.3) is 0 Å². The monoisotopic (exact) mass is 316 g/mol. The number of hydrogen-bond donors (Lipinski definition) is 0. The van der Waals surface area contributed by atoms with Gasteiger partial charge in [-0.25, -0.2) is 0 Å². The Hall–Kier alpha value is -1.17. The summed E-state index contributed by atoms with van der Waals surface area (Å²) in [6.45, 7) is 1.92. The summed E-state index contributed by atoms with van der Waals surface area (Å²) in [6.07, 6.45) is 0.202. The predicted molar refractivity (Wildman–Crippen MR) is 79.5 cm³/mol. The van der Waals surface area contributed by atoms with E-state index in [2.05, 4.69) is 9.73 Å². The molecule has 0 fully saturated rings. The molecule has 0 unspecified atom stereocenters. The number of benzene rings is 1. The molecule has 0 spiro atoms. The lowest BCUT2D eigenvalue weighted by Crippen LogP contribution is -2.17. The topological polar surface area (TPSA) is 21.6 Å². The van der Waals surface area contributed by atoms with E-state index in [9.17, 15) is 13.2 Å². The van der Waals surface area contributed by atoms with Crippen molar-refractivity contribution in [1.29, 1.82) is 0 Å². The zero-order valence-electron chi connectivity index (χ0n) is 11.5. The van der Waals surface area contributed by atoms with Gasteiger partial charge in [0.25, 0.3) is 0 Å². The maximum Gasteiger partial charge on any atom is 0.573 e. The Labute approximate surface area is 126 Å². The van der Waals surface area contributed by atoms with Crippen LogP contribution in [0.1, 0.15) is 31.2 Å². The molecule has 0 saturated carbocycles. The summed E-state index contributed by atoms with van der Waals surface area (Å²) in [7, 11) is 0. The smallest absolute Gasteiger partial charge is 0.406 e. The third kappa shape index (κ3) is 6.42. The van der Waals surface area contributed by atoms with Gasteiger partial charge in [-0.2, -0.15) is 0 Å². The van der Waals surface area contributed by atoms with Crippen LogP contribution in [0.15, 0.2) is 29.3 Å². The Kier molecular flexibility index (Phi) is 5.96. The first-order chi connectivity index (χ1) is 10.0. The number of ether oxygens (including phenoxy) is 1. The molecule has 1 radical (unpaired) electrons. The van der Waals surface area contributed by atoms with Gasteiger partial charge in [0.05, 0.1) is 11.6 Å². The Balaban J connectivity index is 1.69. The van der Waals surface area contributed by atoms with Crippen molar-refractivity contribution in [2.75, 3.05) is 5.75 Å². The first-order valence-corrected chi connectivity index (χ1v) is 7.87. The highest BCUT2D eigenvalue weighted by Crippen LogP contribution is 2.24. The van der Waals surface area contributed by atoms with Crippen LogP contribution < -0.4 is 4.74 Å². The third-order valence-corrected chi connectivity index (χ3v) is 4.01. The molecule has 115 valence electrons. The van der Waals surface area contributed by atoms with Gasteiger partial charge < -0.3 is 4.74 Å². The molecule has 0 aliphatic carbocycles. The predicted octanol–water partition coefficient (Wildman–Crippen LogP) is 5.00. The largest absolute Gasteiger partial charge is 0.573 e. The second-order valence-corrected chi connectivity index (χ2v) is 5.87. The molecule has 21 heavy (non-hydrogen) atoms. The minimum Gasteiger partial charge on any atom is -0.406 e. The molecular weight excluding hydrogens is 299 g/mol. The number of aliphatic imine (C=N–C) groups is 1. The lowest BCUT2D eigenvalue weighted by Gasteiger charge is -2.10. The summed E-state index contributed by atoms with van der Waals surface area (Å²) in [5.74, 6) is 0.827. The van der Waals surface area contributed by atoms with E-state index in [1.807, 2.05) is 12.6 Å². The minimum atomic E-state index is -4.63. The summed E-state index contributed by atoms with van der Waals surface area (Å²) < 4.78 is 40.3. The maximum absolute atomic E-state index is 12.1. The zero-order chi connectivity index (χ0) is 15.1. The number of aryl methyl sites for hydroxylation is 1. The first-order valence-electron chi connectivity index (χ1n) is 6.89. The van der Waals surface area contributed by atoms with E-state index in [1.54, 1.807) is 17.8 Å². The van der Waals surface area contributed by atoms with Crippen molar-refractivity contribution in [1.82, 2.24) is 0 Å². The molecule has 0 amide bonds. The molecule has 0 aromatic heterocycles. The van der Waals surface area contributed by atoms with Gasteiger partial charge in [-0.3, -0.25) is 4.99 Å². The Bertz CT molecular complexity index is 488. The normalized spacial score (nSPS) is 15.1. The van der Waals surface area contributed by atoms with Crippen LogP contribution >= 0.6 is 11.8 Å². The maximum atomic E-state index is 12.1. The molecule has 0 saturated heterocycles. The van der Waals surface area contributed by atoms with Gasteiger partial charge in [-0.1, -0.05) is 18.6 Å². The van der Waals surface area contributed by atoms with Gasteiger partial charge in [0.1, 0.15) is 5.75 Å². The van der Waals surface area contributed by atoms with Crippen LogP contribution in [-0.4, -0.2) is 17.2 Å². The van der Waals surface area contributed by atoms with Crippen molar-refractivity contribution in [3.8, 4) is 5.75 Å². The summed E-state index contributed by atoms with van der Waals surface area (Å²) in [5, 5.41) is 1.19. The van der Waals surface area contributed by atoms with Gasteiger partial charge in [0.15, 0.2) is 0 Å². The van der Waals surface area contributed by atoms with Crippen molar-refractivity contribution in [2.24, 2.45) is 4.99 Å². The van der Waals surface area contributed by atoms with Crippen molar-refractivity contribution >= 4 is 16.8 Å². The summed E-state index contributed by atoms with van der Waals surface area (Å²) in [6, 6.07) is 6.20. The summed E-state index contributed by atoms with van der Waals surface area (Å²) in [4.78, 5) is 4.27. The quantitative estimate of drug-likeness (QED) is 0.661. The molecule has 0 atom stereocenters. The van der Waals surface area contributed by atoms with Gasteiger partial charge in [0.2, 0.25) is 0 Å². The number of alkyl halides is 3. The van der Waals surface area contributed by atoms with Crippen molar-refractivity contribution < 1.29 is 17.9 Å². The van der Waals surface area contributed by atoms with E-state index in [1.165, 1.54) is 17.2 Å². The standard InChI is InChI=1S/C15H17F3NOS/c16-15(17,18)20-13-7-4-6-12(11-13)5-2-1-3-8-14-19-9-10-21-14/h4,6-7,9,11H,1-3,5,8,10H2. The van der Waals surface area contributed by atoms with Crippen LogP contribution in [0.2, 0.25) is 0 Å². The summed E-state index contributed by atoms with van der Waals surface area (Å²) >= 11 is 1.78. The Morgan fingerprint density at radius 1 is 1.14 bits per heavy atom. The van der Waals surface area contributed by atoms with Gasteiger partial charge in [-0.15, -0.1) is 24.9 Å². The van der Waals surface area contributed by atoms with Crippen molar-refractivity contribution in [3.05, 3.63) is 36.4 Å². The summed E-state index contributed by atoms with van der Waals surface area (Å²) in [5.41, 5.74) is 0.873. The fourth-order valence-electron chi connectivity index (χ4n) is 2.13. The molecule has 1 aliphatic rings. The average Bonchev–Trinajstić information content (AvgIpc) is 2.90. The molecule has 1 aromatic carbocycles. The number of nitrogens with zero attached hydrogens (tertiary/aromatic N) is 1. The van der Waals surface area contributed by atoms with Crippen LogP contribution in [0.4, 0.5) is 13.2 Å². The Morgan fingerprint density at radius 3 is 2.67 bits per heavy atom. The van der Waals surface area contributed by atoms with Crippen LogP contribution in [0.5, 0.6) is 5.75 Å². The van der Waals surface area contributed by atoms with E-state index in [4.69, 9.17) is 0 Å². The molecule has 6 heteroatoms. The average molecular weight is 316 g/mol. The van der Waals surface area contributed by atoms with Crippen LogP contribution in [-0.2, 0) is 6.42 Å². The van der Waals surface area contributed by atoms with Crippen molar-refractivity contribution in [2.45, 2.75) is 38.5 Å². The van der Waals surface area contributed by atoms with E-state index >= 15 is 0 Å². The van der Waals surface area contributed by atoms with Crippen molar-refractivity contribution in [3.63, 3.8) is 0 Å². The fraction of sp³-hybridized carbons (Fsp3) is 0.467. The van der Waals surface area contributed by atoms with E-state index in [-0.39, 0.29) is 5.75 Å². The molecule has 2 rings (SSSR count). The second kappa shape index (κ2) is 7.73. The molecule has 1 heterocycles. The van der Waals surface area contributed by atoms with Gasteiger partial charge >= 0.3 is 6.36 Å². The number of halogens is 3. The van der Waals surface area contributed by atoms with E-state index < -0.39 is 6.36 Å². The third-order valence-electron chi connectivity index (χ3n) is 3.05. The van der Waals surface area contributed by atoms with Crippen LogP contribution in [0, 0.1) is 6.54 Å². The molecule has 1 aliphatic heterocycles. The SMILES string of the molecule is FC(F)(F)Oc1cccc(CCCCCC2=N[CH]CS2)c1. The fourth-order valence-corrected chi connectivity index (χ4v) is 2.91. The van der Waals surface area contributed by atoms with E-state index in [0.29, 0.717) is 0 Å². The Morgan fingerprint density at radius 2 is 1.95 bits per heavy atom. The molecule has 1 aromatic rings. The lowest BCUT2D eigenvalue weighted by molar-refractivity contribution is -0.274. The first kappa shape index (κ1) is 16.2. The minimum absolute atomic E-state index is 0.146. The number of rotatable bonds is 7. The number of thioether (sulfide) groups is 1. The second-order valence-electron chi connectivity index (χ2n) is 4.77. The number of unbranched alkanes of at least 4 members (excludes halogenated alkanes) is 2. The molecule has 0 bridgehead atoms. The number of hydrogen-bond acceptors (Lipinski definition) is 3. The molecule has 0 N–H and O–H groups in total. The zero-order valence-corrected chi connectivity index (χ0v) is 12.3. The highest BCUT2D eigenvalue weighted by molar-refractivity contribution is 8.14. The van der Waals surface area contributed by atoms with Crippen LogP contribution in [0.3, 0.4) is 0 Å². The molecular formula is C15H17F3NOS. The highest BCUT2D eigenvalue weighted by Gasteiger charge is 2.31. The van der Waals surface area contributed by atoms with Gasteiger partial charge in [-0.05, 0) is 43.4 Å². The van der Waals surface area contributed by atoms with Gasteiger partial charge in [0, 0.05) is 5.75 Å². The highest BCUT2D eigenvalue weighted by atomic mass is 32.2.